The number of hydrogen-bond acceptors (Lipinski definition) is 9. The second kappa shape index (κ2) is 32.6. The molecule has 3 amide bonds. The number of hydrogen-bond donors (Lipinski definition) is 3. The molecule has 2 aromatic heterocycles. The number of carbonyl (C=O) groups is 4. The van der Waals surface area contributed by atoms with Crippen LogP contribution in [-0.2, 0) is 19.1 Å². The van der Waals surface area contributed by atoms with Gasteiger partial charge in [-0.2, -0.15) is 0 Å². The molecule has 1 saturated carbocycles. The normalized spacial score (nSPS) is 16.8. The molecule has 0 bridgehead atoms. The number of allylic oxidation sites excluding steroid dienone is 2. The fourth-order valence-corrected chi connectivity index (χ4v) is 5.96. The van der Waals surface area contributed by atoms with Gasteiger partial charge in [0.1, 0.15) is 17.9 Å². The summed E-state index contributed by atoms with van der Waals surface area (Å²) in [7, 11) is 0. The van der Waals surface area contributed by atoms with Crippen LogP contribution >= 0.6 is 23.1 Å². The quantitative estimate of drug-likeness (QED) is 0.188. The largest absolute Gasteiger partial charge is 0.479 e. The van der Waals surface area contributed by atoms with Crippen molar-refractivity contribution in [2.75, 3.05) is 19.4 Å². The molecular weight excluding hydrogens is 737 g/mol. The third-order valence-electron chi connectivity index (χ3n) is 7.51. The molecule has 2 aliphatic rings. The molecule has 1 saturated heterocycles. The first-order valence-electron chi connectivity index (χ1n) is 19.5. The molecule has 316 valence electrons. The van der Waals surface area contributed by atoms with Gasteiger partial charge in [0.05, 0.1) is 16.8 Å². The van der Waals surface area contributed by atoms with Gasteiger partial charge >= 0.3 is 6.09 Å². The fourth-order valence-electron chi connectivity index (χ4n) is 4.93. The van der Waals surface area contributed by atoms with Crippen LogP contribution in [0.5, 0.6) is 5.88 Å². The molecule has 4 atom stereocenters. The molecule has 0 spiro atoms. The first-order chi connectivity index (χ1) is 26.0. The minimum absolute atomic E-state index is 0.0206. The van der Waals surface area contributed by atoms with Crippen LogP contribution in [0.1, 0.15) is 128 Å². The van der Waals surface area contributed by atoms with Crippen molar-refractivity contribution >= 4 is 57.0 Å². The van der Waals surface area contributed by atoms with Crippen molar-refractivity contribution in [2.24, 2.45) is 28.7 Å². The minimum Gasteiger partial charge on any atom is -0.479 e. The zero-order valence-electron chi connectivity index (χ0n) is 36.1. The van der Waals surface area contributed by atoms with Crippen molar-refractivity contribution in [1.82, 2.24) is 9.88 Å². The molecule has 0 radical (unpaired) electrons. The Morgan fingerprint density at radius 3 is 2.16 bits per heavy atom. The van der Waals surface area contributed by atoms with E-state index in [1.54, 1.807) is 23.6 Å². The minimum atomic E-state index is -0.677. The molecule has 4 unspecified atom stereocenters. The Morgan fingerprint density at radius 2 is 1.76 bits per heavy atom. The van der Waals surface area contributed by atoms with Gasteiger partial charge in [-0.15, -0.1) is 29.7 Å². The van der Waals surface area contributed by atoms with Gasteiger partial charge < -0.3 is 30.8 Å². The number of likely N-dealkylation sites (tertiary alicyclic amines) is 1. The molecule has 2 aromatic rings. The predicted molar refractivity (Wildman–Crippen MR) is 235 cm³/mol. The van der Waals surface area contributed by atoms with Crippen LogP contribution in [0.15, 0.2) is 46.4 Å². The zero-order chi connectivity index (χ0) is 43.1. The summed E-state index contributed by atoms with van der Waals surface area (Å²) in [6, 6.07) is 2.99. The Hall–Kier alpha value is -3.58. The van der Waals surface area contributed by atoms with Gasteiger partial charge in [0.15, 0.2) is 5.88 Å². The maximum atomic E-state index is 11.9. The Kier molecular flexibility index (Phi) is 33.1. The summed E-state index contributed by atoms with van der Waals surface area (Å²) in [5.74, 6) is 1.35. The van der Waals surface area contributed by atoms with E-state index in [1.165, 1.54) is 17.4 Å². The number of aromatic amines is 1. The van der Waals surface area contributed by atoms with Crippen LogP contribution < -0.4 is 21.6 Å². The van der Waals surface area contributed by atoms with Crippen LogP contribution in [0.25, 0.3) is 10.2 Å². The van der Waals surface area contributed by atoms with Crippen molar-refractivity contribution in [2.45, 2.75) is 140 Å². The third kappa shape index (κ3) is 26.8. The van der Waals surface area contributed by atoms with Gasteiger partial charge in [-0.25, -0.2) is 4.79 Å². The summed E-state index contributed by atoms with van der Waals surface area (Å²) >= 11 is 3.16. The van der Waals surface area contributed by atoms with Crippen molar-refractivity contribution in [3.63, 3.8) is 0 Å². The number of rotatable bonds is 11. The number of Topliss-reactive ketones (excluding diaryl/α,β-unsaturated/α-hetero) is 1. The van der Waals surface area contributed by atoms with E-state index in [4.69, 9.17) is 20.9 Å². The van der Waals surface area contributed by atoms with Gasteiger partial charge in [0.25, 0.3) is 0 Å². The molecular formula is C42H74N4O7S2. The summed E-state index contributed by atoms with van der Waals surface area (Å²) in [6.07, 6.45) is 11.4. The molecule has 13 heteroatoms. The number of nitrogens with zero attached hydrogens (tertiary/aromatic N) is 1. The summed E-state index contributed by atoms with van der Waals surface area (Å²) in [5.41, 5.74) is 10.9. The highest BCUT2D eigenvalue weighted by Gasteiger charge is 2.37. The van der Waals surface area contributed by atoms with Crippen LogP contribution in [0.4, 0.5) is 4.79 Å². The summed E-state index contributed by atoms with van der Waals surface area (Å²) in [6.45, 7) is 28.4. The van der Waals surface area contributed by atoms with Crippen molar-refractivity contribution < 1.29 is 28.7 Å². The summed E-state index contributed by atoms with van der Waals surface area (Å²) in [4.78, 5) is 59.8. The van der Waals surface area contributed by atoms with E-state index in [0.717, 1.165) is 42.3 Å². The van der Waals surface area contributed by atoms with E-state index >= 15 is 0 Å². The number of fused-ring (bicyclic) bond motifs is 1. The highest BCUT2D eigenvalue weighted by Crippen LogP contribution is 2.39. The molecule has 4 rings (SSSR count). The highest BCUT2D eigenvalue weighted by molar-refractivity contribution is 8.01. The second-order valence-electron chi connectivity index (χ2n) is 13.4. The van der Waals surface area contributed by atoms with Crippen LogP contribution in [0.3, 0.4) is 0 Å². The number of primary amides is 2. The van der Waals surface area contributed by atoms with Gasteiger partial charge in [0, 0.05) is 24.9 Å². The molecule has 3 heterocycles. The van der Waals surface area contributed by atoms with Crippen LogP contribution in [-0.4, -0.2) is 65.1 Å². The van der Waals surface area contributed by atoms with E-state index in [0.29, 0.717) is 49.5 Å². The van der Waals surface area contributed by atoms with Crippen LogP contribution in [0, 0.1) is 17.3 Å². The van der Waals surface area contributed by atoms with Crippen molar-refractivity contribution in [1.29, 1.82) is 0 Å². The molecule has 0 aromatic carbocycles. The van der Waals surface area contributed by atoms with E-state index < -0.39 is 6.09 Å². The smallest absolute Gasteiger partial charge is 0.404 e. The van der Waals surface area contributed by atoms with Gasteiger partial charge in [-0.3, -0.25) is 19.2 Å². The monoisotopic (exact) mass is 810 g/mol. The number of unbranched alkanes of at least 4 members (excludes halogenated alkanes) is 1. The standard InChI is InChI=1S/C11H20N2O2.C9H9NO2S.C7H15NO2.C7H10O.C4H8S.2C2H6/c1-11(2,3)7-9(14)13-6-4-5-8(13)10(12)15;1-2-12-8-5-7(11)9-6(10-8)3-4-13-9;1-3-4-5-6(2)10-7(8)9;1-3-6-4-7(6)5(2)8;1-3-4-5-2;2*1-2/h8H,4-7H2,1-3H3,(H2,12,15);3-5H,2H2,1H3,(H,10,11);6H,3-5H2,1-2H3,(H2,8,9);3,6-7H,1,4H2,2H3;3-4H,1-2H3;2*1-2H3/b;;;;4-3-;;. The number of amides is 3. The Bertz CT molecular complexity index is 1450. The van der Waals surface area contributed by atoms with E-state index in [1.807, 2.05) is 104 Å². The maximum Gasteiger partial charge on any atom is 0.404 e. The molecule has 1 aliphatic carbocycles. The number of H-pyrrole nitrogens is 1. The first-order valence-corrected chi connectivity index (χ1v) is 21.7. The lowest BCUT2D eigenvalue weighted by Gasteiger charge is -2.26. The Morgan fingerprint density at radius 1 is 1.15 bits per heavy atom. The molecule has 11 nitrogen and oxygen atoms in total. The van der Waals surface area contributed by atoms with E-state index in [-0.39, 0.29) is 34.8 Å². The molecule has 1 aliphatic heterocycles. The average molecular weight is 811 g/mol. The van der Waals surface area contributed by atoms with Gasteiger partial charge in [-0.1, -0.05) is 80.4 Å². The number of nitrogens with two attached hydrogens (primary N) is 2. The predicted octanol–water partition coefficient (Wildman–Crippen LogP) is 9.88. The number of pyridine rings is 1. The van der Waals surface area contributed by atoms with Crippen molar-refractivity contribution in [3.8, 4) is 5.88 Å². The number of ether oxygens (including phenoxy) is 2. The molecule has 55 heavy (non-hydrogen) atoms. The fraction of sp³-hybridized carbons (Fsp3) is 0.643. The molecule has 2 fully saturated rings. The lowest BCUT2D eigenvalue weighted by molar-refractivity contribution is -0.138. The van der Waals surface area contributed by atoms with Gasteiger partial charge in [0.2, 0.25) is 17.2 Å². The Balaban J connectivity index is -0.000000622. The van der Waals surface area contributed by atoms with Crippen LogP contribution in [0.2, 0.25) is 0 Å². The lowest BCUT2D eigenvalue weighted by atomic mass is 9.91. The summed E-state index contributed by atoms with van der Waals surface area (Å²) in [5, 5.41) is 3.93. The second-order valence-corrected chi connectivity index (χ2v) is 15.1. The van der Waals surface area contributed by atoms with E-state index in [2.05, 4.69) is 18.5 Å². The van der Waals surface area contributed by atoms with Gasteiger partial charge in [-0.05, 0) is 87.8 Å². The number of nitrogens with one attached hydrogen (secondary N) is 1. The topological polar surface area (TPSA) is 175 Å². The third-order valence-corrected chi connectivity index (χ3v) is 8.98. The highest BCUT2D eigenvalue weighted by atomic mass is 32.2. The average Bonchev–Trinajstić information content (AvgIpc) is 3.48. The lowest BCUT2D eigenvalue weighted by Crippen LogP contribution is -2.44. The SMILES string of the molecule is C/C=C\SC.C=CC1CC1C(C)=O.CC.CC.CC(C)(C)CC(=O)N1CCCC1C(N)=O.CCCCC(C)OC(N)=O.CCOc1cc(=O)c2sccc2[nH]1. The number of carbonyl (C=O) groups excluding carboxylic acids is 4. The zero-order valence-corrected chi connectivity index (χ0v) is 37.8. The van der Waals surface area contributed by atoms with Crippen molar-refractivity contribution in [3.05, 3.63) is 51.9 Å². The van der Waals surface area contributed by atoms with E-state index in [9.17, 15) is 24.0 Å². The first kappa shape index (κ1) is 55.8. The number of ketones is 1. The number of aromatic nitrogens is 1. The maximum absolute atomic E-state index is 11.9. The number of thioether (sulfide) groups is 1. The number of thiophene rings is 1. The molecule has 5 N–H and O–H groups in total. The Labute approximate surface area is 340 Å². The summed E-state index contributed by atoms with van der Waals surface area (Å²) < 4.78 is 10.7.